The van der Waals surface area contributed by atoms with E-state index in [2.05, 4.69) is 40.5 Å². The average Bonchev–Trinajstić information content (AvgIpc) is 2.94. The number of hydrogen-bond acceptors (Lipinski definition) is 7. The third-order valence-corrected chi connectivity index (χ3v) is 8.95. The number of sulfonamides is 1. The van der Waals surface area contributed by atoms with Gasteiger partial charge in [0.15, 0.2) is 0 Å². The van der Waals surface area contributed by atoms with E-state index in [4.69, 9.17) is 22.1 Å². The summed E-state index contributed by atoms with van der Waals surface area (Å²) in [6.45, 7) is 6.25. The summed E-state index contributed by atoms with van der Waals surface area (Å²) >= 11 is 6.57. The zero-order chi connectivity index (χ0) is 29.1. The van der Waals surface area contributed by atoms with E-state index >= 15 is 0 Å². The molecule has 0 saturated carbocycles. The van der Waals surface area contributed by atoms with Crippen molar-refractivity contribution in [1.82, 2.24) is 14.9 Å². The van der Waals surface area contributed by atoms with Gasteiger partial charge >= 0.3 is 0 Å². The molecule has 1 aliphatic rings. The Morgan fingerprint density at radius 1 is 1.00 bits per heavy atom. The maximum Gasteiger partial charge on any atom is 0.264 e. The molecular weight excluding hydrogens is 558 g/mol. The van der Waals surface area contributed by atoms with E-state index in [1.165, 1.54) is 12.1 Å². The van der Waals surface area contributed by atoms with Crippen molar-refractivity contribution in [2.45, 2.75) is 43.4 Å². The van der Waals surface area contributed by atoms with Gasteiger partial charge in [0.2, 0.25) is 11.8 Å². The number of benzene rings is 3. The third-order valence-electron chi connectivity index (χ3n) is 7.32. The summed E-state index contributed by atoms with van der Waals surface area (Å²) in [7, 11) is -1.89. The van der Waals surface area contributed by atoms with Crippen molar-refractivity contribution in [1.29, 1.82) is 0 Å². The number of anilines is 2. The highest BCUT2D eigenvalue weighted by Crippen LogP contribution is 2.37. The molecule has 2 heterocycles. The summed E-state index contributed by atoms with van der Waals surface area (Å²) in [5.74, 6) is 1.11. The molecule has 5 rings (SSSR count). The van der Waals surface area contributed by atoms with Crippen LogP contribution in [0.25, 0.3) is 11.3 Å². The van der Waals surface area contributed by atoms with Crippen molar-refractivity contribution in [2.75, 3.05) is 30.6 Å². The van der Waals surface area contributed by atoms with Crippen molar-refractivity contribution in [3.8, 4) is 22.9 Å². The molecule has 1 aliphatic heterocycles. The van der Waals surface area contributed by atoms with Crippen LogP contribution in [-0.4, -0.2) is 43.4 Å². The van der Waals surface area contributed by atoms with Crippen molar-refractivity contribution in [2.24, 2.45) is 0 Å². The zero-order valence-electron chi connectivity index (χ0n) is 23.3. The molecule has 214 valence electrons. The standard InChI is InChI=1S/C31H34ClN5O3S/c1-20(2)25-9-4-5-10-26(25)28-19-30(35-31(34-28)36-41(38,39)24-8-6-7-23(33)18-24)40-29-17-22(11-12-27(29)32)21-13-15-37(3)16-14-21/h4-12,17-21H,13-16,33H2,1-3H3,(H,34,35,36). The second-order valence-electron chi connectivity index (χ2n) is 10.7. The number of rotatable bonds is 8. The van der Waals surface area contributed by atoms with Crippen molar-refractivity contribution >= 4 is 33.3 Å². The Bertz CT molecular complexity index is 1650. The monoisotopic (exact) mass is 591 g/mol. The predicted molar refractivity (Wildman–Crippen MR) is 164 cm³/mol. The molecule has 0 aliphatic carbocycles. The first kappa shape index (κ1) is 28.9. The van der Waals surface area contributed by atoms with Gasteiger partial charge in [-0.25, -0.2) is 18.1 Å². The van der Waals surface area contributed by atoms with E-state index in [0.29, 0.717) is 28.1 Å². The van der Waals surface area contributed by atoms with Crippen LogP contribution in [0.4, 0.5) is 11.6 Å². The highest BCUT2D eigenvalue weighted by Gasteiger charge is 2.22. The number of piperidine rings is 1. The lowest BCUT2D eigenvalue weighted by Gasteiger charge is -2.29. The van der Waals surface area contributed by atoms with Gasteiger partial charge in [-0.1, -0.05) is 61.8 Å². The van der Waals surface area contributed by atoms with Crippen LogP contribution in [0.2, 0.25) is 5.02 Å². The summed E-state index contributed by atoms with van der Waals surface area (Å²) in [6.07, 6.45) is 2.11. The fourth-order valence-corrected chi connectivity index (χ4v) is 6.22. The minimum Gasteiger partial charge on any atom is -0.437 e. The van der Waals surface area contributed by atoms with Crippen LogP contribution in [0.1, 0.15) is 49.7 Å². The first-order valence-corrected chi connectivity index (χ1v) is 15.5. The van der Waals surface area contributed by atoms with Crippen molar-refractivity contribution in [3.63, 3.8) is 0 Å². The number of nitrogens with one attached hydrogen (secondary N) is 1. The number of likely N-dealkylation sites (tertiary alicyclic amines) is 1. The smallest absolute Gasteiger partial charge is 0.264 e. The lowest BCUT2D eigenvalue weighted by molar-refractivity contribution is 0.255. The molecule has 3 N–H and O–H groups in total. The summed E-state index contributed by atoms with van der Waals surface area (Å²) in [5, 5.41) is 0.436. The average molecular weight is 592 g/mol. The number of ether oxygens (including phenoxy) is 1. The molecule has 1 saturated heterocycles. The van der Waals surface area contributed by atoms with Gasteiger partial charge in [0.05, 0.1) is 15.6 Å². The van der Waals surface area contributed by atoms with Crippen molar-refractivity contribution in [3.05, 3.63) is 88.9 Å². The molecule has 3 aromatic carbocycles. The summed E-state index contributed by atoms with van der Waals surface area (Å²) in [6, 6.07) is 21.4. The van der Waals surface area contributed by atoms with Crippen LogP contribution in [-0.2, 0) is 10.0 Å². The maximum absolute atomic E-state index is 13.2. The van der Waals surface area contributed by atoms with Crippen LogP contribution < -0.4 is 15.2 Å². The highest BCUT2D eigenvalue weighted by molar-refractivity contribution is 7.92. The number of nitrogen functional groups attached to an aromatic ring is 1. The fraction of sp³-hybridized carbons (Fsp3) is 0.290. The Morgan fingerprint density at radius 2 is 1.76 bits per heavy atom. The first-order chi connectivity index (χ1) is 19.6. The Morgan fingerprint density at radius 3 is 2.49 bits per heavy atom. The second-order valence-corrected chi connectivity index (χ2v) is 12.8. The minimum absolute atomic E-state index is 0.00502. The summed E-state index contributed by atoms with van der Waals surface area (Å²) < 4.78 is 35.2. The van der Waals surface area contributed by atoms with E-state index in [1.54, 1.807) is 18.2 Å². The number of nitrogens with two attached hydrogens (primary N) is 1. The maximum atomic E-state index is 13.2. The zero-order valence-corrected chi connectivity index (χ0v) is 24.9. The molecular formula is C31H34ClN5O3S. The van der Waals surface area contributed by atoms with E-state index in [0.717, 1.165) is 42.6 Å². The van der Waals surface area contributed by atoms with Gasteiger partial charge in [-0.15, -0.1) is 0 Å². The topological polar surface area (TPSA) is 110 Å². The Balaban J connectivity index is 1.55. The third kappa shape index (κ3) is 6.81. The Labute approximate surface area is 246 Å². The number of halogens is 1. The number of nitrogens with zero attached hydrogens (tertiary/aromatic N) is 3. The molecule has 0 radical (unpaired) electrons. The van der Waals surface area contributed by atoms with Gasteiger partial charge in [0.1, 0.15) is 5.75 Å². The molecule has 0 spiro atoms. The first-order valence-electron chi connectivity index (χ1n) is 13.6. The minimum atomic E-state index is -4.03. The molecule has 4 aromatic rings. The molecule has 0 bridgehead atoms. The summed E-state index contributed by atoms with van der Waals surface area (Å²) in [4.78, 5) is 11.4. The van der Waals surface area contributed by atoms with Crippen molar-refractivity contribution < 1.29 is 13.2 Å². The van der Waals surface area contributed by atoms with Gasteiger partial charge in [-0.3, -0.25) is 0 Å². The molecule has 0 unspecified atom stereocenters. The Kier molecular flexibility index (Phi) is 8.49. The van der Waals surface area contributed by atoms with E-state index < -0.39 is 10.0 Å². The van der Waals surface area contributed by atoms with Crippen LogP contribution in [0.5, 0.6) is 11.6 Å². The van der Waals surface area contributed by atoms with Crippen LogP contribution in [0.15, 0.2) is 77.7 Å². The molecule has 0 atom stereocenters. The van der Waals surface area contributed by atoms with Crippen LogP contribution in [0.3, 0.4) is 0 Å². The number of aromatic nitrogens is 2. The fourth-order valence-electron chi connectivity index (χ4n) is 5.06. The lowest BCUT2D eigenvalue weighted by Crippen LogP contribution is -2.29. The van der Waals surface area contributed by atoms with E-state index in [-0.39, 0.29) is 22.6 Å². The van der Waals surface area contributed by atoms with Gasteiger partial charge in [0, 0.05) is 17.3 Å². The number of hydrogen-bond donors (Lipinski definition) is 2. The lowest BCUT2D eigenvalue weighted by atomic mass is 9.89. The molecule has 1 fully saturated rings. The SMILES string of the molecule is CC(C)c1ccccc1-c1cc(Oc2cc(C3CCN(C)CC3)ccc2Cl)nc(NS(=O)(=O)c2cccc(N)c2)n1. The van der Waals surface area contributed by atoms with E-state index in [1.807, 2.05) is 42.5 Å². The molecule has 8 nitrogen and oxygen atoms in total. The second kappa shape index (κ2) is 12.1. The molecule has 0 amide bonds. The Hall–Kier alpha value is -3.66. The van der Waals surface area contributed by atoms with Gasteiger partial charge in [-0.05, 0) is 86.3 Å². The van der Waals surface area contributed by atoms with Crippen LogP contribution >= 0.6 is 11.6 Å². The van der Waals surface area contributed by atoms with Gasteiger partial charge in [0.25, 0.3) is 10.0 Å². The highest BCUT2D eigenvalue weighted by atomic mass is 35.5. The van der Waals surface area contributed by atoms with Gasteiger partial charge in [-0.2, -0.15) is 4.98 Å². The quantitative estimate of drug-likeness (QED) is 0.214. The molecule has 10 heteroatoms. The van der Waals surface area contributed by atoms with E-state index in [9.17, 15) is 8.42 Å². The predicted octanol–water partition coefficient (Wildman–Crippen LogP) is 6.90. The normalized spacial score (nSPS) is 14.8. The van der Waals surface area contributed by atoms with Gasteiger partial charge < -0.3 is 15.4 Å². The molecule has 41 heavy (non-hydrogen) atoms. The largest absolute Gasteiger partial charge is 0.437 e. The summed E-state index contributed by atoms with van der Waals surface area (Å²) in [5.41, 5.74) is 9.75. The molecule has 1 aromatic heterocycles. The van der Waals surface area contributed by atoms with Crippen LogP contribution in [0, 0.1) is 0 Å².